The maximum atomic E-state index is 13.0. The van der Waals surface area contributed by atoms with Crippen LogP contribution in [-0.2, 0) is 14.8 Å². The number of sulfonamides is 1. The second-order valence-electron chi connectivity index (χ2n) is 8.26. The number of rotatable bonds is 3. The smallest absolute Gasteiger partial charge is 0.321 e. The molecule has 3 aliphatic heterocycles. The van der Waals surface area contributed by atoms with Crippen molar-refractivity contribution in [2.24, 2.45) is 11.8 Å². The van der Waals surface area contributed by atoms with E-state index in [2.05, 4.69) is 5.32 Å². The van der Waals surface area contributed by atoms with Gasteiger partial charge in [0.15, 0.2) is 0 Å². The Morgan fingerprint density at radius 1 is 1.17 bits per heavy atom. The molecule has 0 bridgehead atoms. The molecular formula is C20H28N4O4S. The second kappa shape index (κ2) is 7.28. The van der Waals surface area contributed by atoms with Crippen molar-refractivity contribution >= 4 is 27.6 Å². The molecule has 0 unspecified atom stereocenters. The maximum absolute atomic E-state index is 13.0. The van der Waals surface area contributed by atoms with E-state index < -0.39 is 10.0 Å². The first-order valence-electron chi connectivity index (χ1n) is 10.1. The van der Waals surface area contributed by atoms with Crippen LogP contribution in [0.3, 0.4) is 0 Å². The molecule has 0 aromatic heterocycles. The number of para-hydroxylation sites is 1. The molecule has 4 rings (SSSR count). The molecule has 3 saturated heterocycles. The number of urea groups is 1. The highest BCUT2D eigenvalue weighted by Crippen LogP contribution is 2.50. The summed E-state index contributed by atoms with van der Waals surface area (Å²) in [6.45, 7) is 4.35. The van der Waals surface area contributed by atoms with Crippen LogP contribution in [0.2, 0.25) is 0 Å². The van der Waals surface area contributed by atoms with E-state index in [-0.39, 0.29) is 35.9 Å². The topological polar surface area (TPSA) is 90.0 Å². The van der Waals surface area contributed by atoms with Crippen molar-refractivity contribution in [1.82, 2.24) is 14.1 Å². The van der Waals surface area contributed by atoms with Crippen molar-refractivity contribution in [3.63, 3.8) is 0 Å². The largest absolute Gasteiger partial charge is 0.337 e. The number of nitrogens with zero attached hydrogens (tertiary/aromatic N) is 3. The first-order valence-corrected chi connectivity index (χ1v) is 12.0. The molecular weight excluding hydrogens is 392 g/mol. The van der Waals surface area contributed by atoms with E-state index in [1.165, 1.54) is 10.6 Å². The van der Waals surface area contributed by atoms with Gasteiger partial charge in [0, 0.05) is 44.3 Å². The molecule has 1 aromatic rings. The summed E-state index contributed by atoms with van der Waals surface area (Å²) in [7, 11) is -3.32. The summed E-state index contributed by atoms with van der Waals surface area (Å²) in [5, 5.41) is 2.92. The Balaban J connectivity index is 1.49. The van der Waals surface area contributed by atoms with E-state index in [1.54, 1.807) is 4.90 Å². The van der Waals surface area contributed by atoms with Crippen molar-refractivity contribution in [2.75, 3.05) is 44.3 Å². The number of nitrogens with one attached hydrogen (secondary N) is 1. The van der Waals surface area contributed by atoms with Gasteiger partial charge in [-0.05, 0) is 31.9 Å². The highest BCUT2D eigenvalue weighted by molar-refractivity contribution is 7.88. The van der Waals surface area contributed by atoms with Crippen LogP contribution in [0.25, 0.3) is 0 Å². The van der Waals surface area contributed by atoms with Crippen molar-refractivity contribution in [1.29, 1.82) is 0 Å². The molecule has 3 fully saturated rings. The minimum absolute atomic E-state index is 0.0102. The number of benzene rings is 1. The van der Waals surface area contributed by atoms with Gasteiger partial charge in [0.25, 0.3) is 0 Å². The van der Waals surface area contributed by atoms with Crippen LogP contribution in [0.15, 0.2) is 30.3 Å². The van der Waals surface area contributed by atoms with E-state index in [0.29, 0.717) is 39.0 Å². The fraction of sp³-hybridized carbons (Fsp3) is 0.600. The predicted molar refractivity (Wildman–Crippen MR) is 110 cm³/mol. The van der Waals surface area contributed by atoms with E-state index >= 15 is 0 Å². The highest BCUT2D eigenvalue weighted by Gasteiger charge is 2.62. The second-order valence-corrected chi connectivity index (χ2v) is 10.2. The number of piperidine rings is 1. The lowest BCUT2D eigenvalue weighted by Crippen LogP contribution is -2.58. The third kappa shape index (κ3) is 3.40. The van der Waals surface area contributed by atoms with Gasteiger partial charge in [0.1, 0.15) is 0 Å². The molecule has 3 heterocycles. The molecule has 0 saturated carbocycles. The van der Waals surface area contributed by atoms with E-state index in [9.17, 15) is 18.0 Å². The maximum Gasteiger partial charge on any atom is 0.321 e. The number of hydrogen-bond donors (Lipinski definition) is 1. The van der Waals surface area contributed by atoms with Crippen molar-refractivity contribution < 1.29 is 18.0 Å². The minimum atomic E-state index is -3.32. The standard InChI is InChI=1S/C20H28N4O4S/c1-3-24-18(25)16-13-23(29(2,27)28)14-17(16)20(24)9-11-22(12-10-20)19(26)21-15-7-5-4-6-8-15/h4-8,16-17H,3,9-14H2,1-2H3,(H,21,26)/t16-,17+/m1/s1. The SMILES string of the molecule is CCN1C(=O)[C@@H]2CN(S(C)(=O)=O)C[C@@H]2C12CCN(C(=O)Nc1ccccc1)CC2. The summed E-state index contributed by atoms with van der Waals surface area (Å²) in [4.78, 5) is 29.4. The Morgan fingerprint density at radius 3 is 2.41 bits per heavy atom. The van der Waals surface area contributed by atoms with Gasteiger partial charge in [-0.1, -0.05) is 18.2 Å². The summed E-state index contributed by atoms with van der Waals surface area (Å²) in [5.74, 6) is -0.218. The molecule has 1 spiro atoms. The summed E-state index contributed by atoms with van der Waals surface area (Å²) >= 11 is 0. The number of fused-ring (bicyclic) bond motifs is 2. The molecule has 158 valence electrons. The average molecular weight is 421 g/mol. The predicted octanol–water partition coefficient (Wildman–Crippen LogP) is 1.42. The lowest BCUT2D eigenvalue weighted by Gasteiger charge is -2.47. The summed E-state index contributed by atoms with van der Waals surface area (Å²) in [6.07, 6.45) is 2.56. The number of amides is 3. The Kier molecular flexibility index (Phi) is 5.06. The van der Waals surface area contributed by atoms with Crippen molar-refractivity contribution in [2.45, 2.75) is 25.3 Å². The zero-order valence-corrected chi connectivity index (χ0v) is 17.7. The van der Waals surface area contributed by atoms with Crippen molar-refractivity contribution in [3.8, 4) is 0 Å². The van der Waals surface area contributed by atoms with Crippen LogP contribution < -0.4 is 5.32 Å². The normalized spacial score (nSPS) is 26.8. The fourth-order valence-corrected chi connectivity index (χ4v) is 6.25. The first kappa shape index (κ1) is 20.2. The van der Waals surface area contributed by atoms with Gasteiger partial charge in [-0.2, -0.15) is 0 Å². The molecule has 0 radical (unpaired) electrons. The third-order valence-electron chi connectivity index (χ3n) is 6.82. The molecule has 9 heteroatoms. The van der Waals surface area contributed by atoms with Crippen LogP contribution >= 0.6 is 0 Å². The van der Waals surface area contributed by atoms with Crippen LogP contribution in [0, 0.1) is 11.8 Å². The van der Waals surface area contributed by atoms with Gasteiger partial charge in [-0.3, -0.25) is 4.79 Å². The highest BCUT2D eigenvalue weighted by atomic mass is 32.2. The van der Waals surface area contributed by atoms with E-state index in [0.717, 1.165) is 5.69 Å². The van der Waals surface area contributed by atoms with Crippen molar-refractivity contribution in [3.05, 3.63) is 30.3 Å². The average Bonchev–Trinajstić information content (AvgIpc) is 3.23. The van der Waals surface area contributed by atoms with Gasteiger partial charge in [0.05, 0.1) is 17.7 Å². The summed E-state index contributed by atoms with van der Waals surface area (Å²) < 4.78 is 25.5. The van der Waals surface area contributed by atoms with Crippen LogP contribution in [0.5, 0.6) is 0 Å². The lowest BCUT2D eigenvalue weighted by molar-refractivity contribution is -0.134. The molecule has 2 atom stereocenters. The van der Waals surface area contributed by atoms with Crippen LogP contribution in [0.4, 0.5) is 10.5 Å². The van der Waals surface area contributed by atoms with Gasteiger partial charge in [-0.15, -0.1) is 0 Å². The third-order valence-corrected chi connectivity index (χ3v) is 8.06. The number of hydrogen-bond acceptors (Lipinski definition) is 4. The monoisotopic (exact) mass is 420 g/mol. The minimum Gasteiger partial charge on any atom is -0.337 e. The summed E-state index contributed by atoms with van der Waals surface area (Å²) in [5.41, 5.74) is 0.392. The molecule has 8 nitrogen and oxygen atoms in total. The molecule has 29 heavy (non-hydrogen) atoms. The number of anilines is 1. The van der Waals surface area contributed by atoms with Gasteiger partial charge in [0.2, 0.25) is 15.9 Å². The van der Waals surface area contributed by atoms with E-state index in [4.69, 9.17) is 0 Å². The van der Waals surface area contributed by atoms with Crippen LogP contribution in [-0.4, -0.2) is 79.0 Å². The van der Waals surface area contributed by atoms with Gasteiger partial charge in [-0.25, -0.2) is 17.5 Å². The fourth-order valence-electron chi connectivity index (χ4n) is 5.39. The number of likely N-dealkylation sites (tertiary alicyclic amines) is 2. The molecule has 1 N–H and O–H groups in total. The summed E-state index contributed by atoms with van der Waals surface area (Å²) in [6, 6.07) is 9.20. The number of carbonyl (C=O) groups is 2. The quantitative estimate of drug-likeness (QED) is 0.801. The van der Waals surface area contributed by atoms with Crippen LogP contribution in [0.1, 0.15) is 19.8 Å². The molecule has 1 aromatic carbocycles. The lowest BCUT2D eigenvalue weighted by atomic mass is 9.75. The molecule has 0 aliphatic carbocycles. The van der Waals surface area contributed by atoms with Gasteiger partial charge < -0.3 is 15.1 Å². The Bertz CT molecular complexity index is 896. The Morgan fingerprint density at radius 2 is 1.83 bits per heavy atom. The van der Waals surface area contributed by atoms with E-state index in [1.807, 2.05) is 42.2 Å². The number of carbonyl (C=O) groups excluding carboxylic acids is 2. The van der Waals surface area contributed by atoms with Gasteiger partial charge >= 0.3 is 6.03 Å². The molecule has 3 aliphatic rings. The zero-order chi connectivity index (χ0) is 20.8. The zero-order valence-electron chi connectivity index (χ0n) is 16.9. The molecule has 3 amide bonds. The first-order chi connectivity index (χ1) is 13.8. The Hall–Kier alpha value is -2.13. The Labute approximate surface area is 171 Å².